The molecular formula is C28H33F3O2. The Morgan fingerprint density at radius 2 is 1.33 bits per heavy atom. The van der Waals surface area contributed by atoms with Gasteiger partial charge in [0.1, 0.15) is 0 Å². The lowest BCUT2D eigenvalue weighted by Gasteiger charge is -2.30. The van der Waals surface area contributed by atoms with Crippen LogP contribution in [0.15, 0.2) is 36.4 Å². The summed E-state index contributed by atoms with van der Waals surface area (Å²) in [7, 11) is 3.16. The number of hydrogen-bond donors (Lipinski definition) is 0. The molecule has 0 atom stereocenters. The number of benzene rings is 2. The molecule has 0 aromatic heterocycles. The second-order valence-electron chi connectivity index (χ2n) is 9.45. The Kier molecular flexibility index (Phi) is 7.79. The minimum Gasteiger partial charge on any atom is -0.494 e. The zero-order chi connectivity index (χ0) is 23.4. The molecule has 0 aliphatic heterocycles. The van der Waals surface area contributed by atoms with Crippen LogP contribution in [-0.2, 0) is 4.74 Å². The molecular weight excluding hydrogens is 425 g/mol. The van der Waals surface area contributed by atoms with Crippen molar-refractivity contribution in [1.82, 2.24) is 0 Å². The minimum absolute atomic E-state index is 0.0425. The molecule has 2 aliphatic carbocycles. The Morgan fingerprint density at radius 3 is 1.85 bits per heavy atom. The maximum atomic E-state index is 15.1. The van der Waals surface area contributed by atoms with Crippen LogP contribution < -0.4 is 4.74 Å². The van der Waals surface area contributed by atoms with E-state index in [9.17, 15) is 8.78 Å². The van der Waals surface area contributed by atoms with Crippen LogP contribution >= 0.6 is 0 Å². The minimum atomic E-state index is -0.658. The van der Waals surface area contributed by atoms with Gasteiger partial charge in [0.15, 0.2) is 23.2 Å². The average Bonchev–Trinajstić information content (AvgIpc) is 2.85. The van der Waals surface area contributed by atoms with E-state index in [1.54, 1.807) is 13.2 Å². The van der Waals surface area contributed by atoms with Gasteiger partial charge in [-0.25, -0.2) is 13.2 Å². The van der Waals surface area contributed by atoms with E-state index in [4.69, 9.17) is 9.47 Å². The van der Waals surface area contributed by atoms with Crippen molar-refractivity contribution in [3.05, 3.63) is 70.5 Å². The third kappa shape index (κ3) is 5.46. The van der Waals surface area contributed by atoms with Crippen molar-refractivity contribution in [2.24, 2.45) is 5.92 Å². The first-order chi connectivity index (χ1) is 16.0. The summed E-state index contributed by atoms with van der Waals surface area (Å²) in [6.07, 6.45) is 11.2. The molecule has 2 aromatic carbocycles. The van der Waals surface area contributed by atoms with Crippen molar-refractivity contribution in [2.45, 2.75) is 69.3 Å². The molecule has 0 saturated heterocycles. The zero-order valence-electron chi connectivity index (χ0n) is 19.5. The second-order valence-corrected chi connectivity index (χ2v) is 9.45. The summed E-state index contributed by atoms with van der Waals surface area (Å²) in [5.74, 6) is -0.989. The van der Waals surface area contributed by atoms with Crippen LogP contribution in [0.4, 0.5) is 13.2 Å². The summed E-state index contributed by atoms with van der Waals surface area (Å²) >= 11 is 0. The number of hydrogen-bond acceptors (Lipinski definition) is 2. The highest BCUT2D eigenvalue weighted by molar-refractivity contribution is 5.51. The van der Waals surface area contributed by atoms with Gasteiger partial charge >= 0.3 is 0 Å². The van der Waals surface area contributed by atoms with Crippen molar-refractivity contribution >= 4 is 6.08 Å². The molecule has 0 bridgehead atoms. The second kappa shape index (κ2) is 10.8. The molecule has 0 spiro atoms. The van der Waals surface area contributed by atoms with Gasteiger partial charge in [0.05, 0.1) is 13.2 Å². The standard InChI is InChI=1S/C28H33F3O2/c1-32-22-12-10-21(11-13-22)24-15-14-23(27(30)28(24)31)20-8-5-18(6-9-20)3-4-19-7-16-26(33-2)25(29)17-19/h3-4,7,14-18,20-22H,5-6,8-13H2,1-2H3/b4-3+. The van der Waals surface area contributed by atoms with Crippen LogP contribution in [0.3, 0.4) is 0 Å². The maximum absolute atomic E-state index is 15.1. The Balaban J connectivity index is 1.36. The summed E-state index contributed by atoms with van der Waals surface area (Å²) in [6, 6.07) is 8.54. The normalized spacial score (nSPS) is 26.0. The molecule has 0 N–H and O–H groups in total. The lowest BCUT2D eigenvalue weighted by Crippen LogP contribution is -2.20. The molecule has 2 aromatic rings. The molecule has 0 unspecified atom stereocenters. The molecule has 2 saturated carbocycles. The van der Waals surface area contributed by atoms with Gasteiger partial charge in [0.25, 0.3) is 0 Å². The van der Waals surface area contributed by atoms with E-state index in [0.29, 0.717) is 17.0 Å². The van der Waals surface area contributed by atoms with Gasteiger partial charge in [-0.1, -0.05) is 30.4 Å². The third-order valence-corrected chi connectivity index (χ3v) is 7.54. The largest absolute Gasteiger partial charge is 0.494 e. The molecule has 178 valence electrons. The summed E-state index contributed by atoms with van der Waals surface area (Å²) < 4.78 is 54.3. The van der Waals surface area contributed by atoms with Crippen molar-refractivity contribution in [1.29, 1.82) is 0 Å². The van der Waals surface area contributed by atoms with Crippen molar-refractivity contribution < 1.29 is 22.6 Å². The van der Waals surface area contributed by atoms with Crippen LogP contribution in [0.5, 0.6) is 5.75 Å². The first-order valence-electron chi connectivity index (χ1n) is 12.0. The summed E-state index contributed by atoms with van der Waals surface area (Å²) in [6.45, 7) is 0. The topological polar surface area (TPSA) is 18.5 Å². The van der Waals surface area contributed by atoms with Gasteiger partial charge in [-0.05, 0) is 97.9 Å². The van der Waals surface area contributed by atoms with Crippen LogP contribution in [0.2, 0.25) is 0 Å². The monoisotopic (exact) mass is 458 g/mol. The fraction of sp³-hybridized carbons (Fsp3) is 0.500. The summed E-state index contributed by atoms with van der Waals surface area (Å²) in [5, 5.41) is 0. The maximum Gasteiger partial charge on any atom is 0.165 e. The Bertz CT molecular complexity index is 971. The molecule has 2 aliphatic rings. The SMILES string of the molecule is COc1ccc(/C=C/C2CCC(c3ccc(C4CCC(OC)CC4)c(F)c3F)CC2)cc1F. The Labute approximate surface area is 194 Å². The van der Waals surface area contributed by atoms with Crippen LogP contribution in [-0.4, -0.2) is 20.3 Å². The first kappa shape index (κ1) is 23.9. The van der Waals surface area contributed by atoms with E-state index in [2.05, 4.69) is 6.08 Å². The van der Waals surface area contributed by atoms with Crippen LogP contribution in [0.25, 0.3) is 6.08 Å². The quantitative estimate of drug-likeness (QED) is 0.440. The molecule has 5 heteroatoms. The Hall–Kier alpha value is -2.27. The molecule has 0 amide bonds. The van der Waals surface area contributed by atoms with E-state index < -0.39 is 11.6 Å². The predicted octanol–water partition coefficient (Wildman–Crippen LogP) is 7.77. The van der Waals surface area contributed by atoms with Gasteiger partial charge in [-0.2, -0.15) is 0 Å². The van der Waals surface area contributed by atoms with E-state index in [1.165, 1.54) is 13.2 Å². The fourth-order valence-corrected chi connectivity index (χ4v) is 5.48. The molecule has 0 heterocycles. The molecule has 2 nitrogen and oxygen atoms in total. The van der Waals surface area contributed by atoms with Gasteiger partial charge in [0, 0.05) is 7.11 Å². The molecule has 4 rings (SSSR count). The fourth-order valence-electron chi connectivity index (χ4n) is 5.48. The molecule has 0 radical (unpaired) electrons. The highest BCUT2D eigenvalue weighted by Gasteiger charge is 2.29. The van der Waals surface area contributed by atoms with E-state index in [0.717, 1.165) is 56.9 Å². The summed E-state index contributed by atoms with van der Waals surface area (Å²) in [4.78, 5) is 0. The van der Waals surface area contributed by atoms with Crippen molar-refractivity contribution in [3.8, 4) is 5.75 Å². The number of halogens is 3. The average molecular weight is 459 g/mol. The van der Waals surface area contributed by atoms with Gasteiger partial charge in [-0.3, -0.25) is 0 Å². The number of allylic oxidation sites excluding steroid dienone is 1. The van der Waals surface area contributed by atoms with Gasteiger partial charge in [0.2, 0.25) is 0 Å². The van der Waals surface area contributed by atoms with Crippen molar-refractivity contribution in [3.63, 3.8) is 0 Å². The van der Waals surface area contributed by atoms with Crippen LogP contribution in [0, 0.1) is 23.4 Å². The van der Waals surface area contributed by atoms with Gasteiger partial charge < -0.3 is 9.47 Å². The third-order valence-electron chi connectivity index (χ3n) is 7.54. The van der Waals surface area contributed by atoms with E-state index in [1.807, 2.05) is 24.3 Å². The highest BCUT2D eigenvalue weighted by atomic mass is 19.2. The predicted molar refractivity (Wildman–Crippen MR) is 125 cm³/mol. The summed E-state index contributed by atoms with van der Waals surface area (Å²) in [5.41, 5.74) is 1.83. The molecule has 33 heavy (non-hydrogen) atoms. The van der Waals surface area contributed by atoms with Crippen LogP contribution in [0.1, 0.15) is 79.9 Å². The lowest BCUT2D eigenvalue weighted by molar-refractivity contribution is 0.0655. The zero-order valence-corrected chi connectivity index (χ0v) is 19.5. The first-order valence-corrected chi connectivity index (χ1v) is 12.0. The highest BCUT2D eigenvalue weighted by Crippen LogP contribution is 2.41. The molecule has 2 fully saturated rings. The number of rotatable bonds is 6. The number of ether oxygens (including phenoxy) is 2. The van der Waals surface area contributed by atoms with E-state index in [-0.39, 0.29) is 29.5 Å². The Morgan fingerprint density at radius 1 is 0.758 bits per heavy atom. The van der Waals surface area contributed by atoms with Crippen molar-refractivity contribution in [2.75, 3.05) is 14.2 Å². The number of methoxy groups -OCH3 is 2. The smallest absolute Gasteiger partial charge is 0.165 e. The van der Waals surface area contributed by atoms with Gasteiger partial charge in [-0.15, -0.1) is 0 Å². The van der Waals surface area contributed by atoms with E-state index >= 15 is 4.39 Å². The lowest BCUT2D eigenvalue weighted by atomic mass is 9.77.